The van der Waals surface area contributed by atoms with Gasteiger partial charge in [-0.15, -0.1) is 11.3 Å². The van der Waals surface area contributed by atoms with Gasteiger partial charge >= 0.3 is 0 Å². The molecule has 10 heteroatoms. The smallest absolute Gasteiger partial charge is 0.261 e. The minimum atomic E-state index is -3.44. The van der Waals surface area contributed by atoms with Gasteiger partial charge in [0.2, 0.25) is 10.0 Å². The lowest BCUT2D eigenvalue weighted by molar-refractivity contribution is 0.0862. The van der Waals surface area contributed by atoms with Crippen LogP contribution in [-0.2, 0) is 22.9 Å². The zero-order chi connectivity index (χ0) is 29.4. The molecule has 5 rings (SSSR count). The minimum absolute atomic E-state index is 0.0903. The van der Waals surface area contributed by atoms with Crippen molar-refractivity contribution < 1.29 is 18.3 Å². The lowest BCUT2D eigenvalue weighted by Crippen LogP contribution is -2.54. The summed E-state index contributed by atoms with van der Waals surface area (Å²) in [6, 6.07) is 11.0. The van der Waals surface area contributed by atoms with E-state index in [1.54, 1.807) is 18.2 Å². The van der Waals surface area contributed by atoms with Crippen molar-refractivity contribution in [2.45, 2.75) is 77.3 Å². The summed E-state index contributed by atoms with van der Waals surface area (Å²) in [6.07, 6.45) is 7.78. The van der Waals surface area contributed by atoms with Gasteiger partial charge in [-0.2, -0.15) is 0 Å². The Balaban J connectivity index is 1.36. The maximum atomic E-state index is 13.6. The average molecular weight is 599 g/mol. The molecule has 0 radical (unpaired) electrons. The van der Waals surface area contributed by atoms with Gasteiger partial charge in [0.05, 0.1) is 23.8 Å². The van der Waals surface area contributed by atoms with Crippen LogP contribution in [0.25, 0.3) is 10.2 Å². The molecule has 8 nitrogen and oxygen atoms in total. The first-order chi connectivity index (χ1) is 19.3. The van der Waals surface area contributed by atoms with Gasteiger partial charge in [0.1, 0.15) is 4.83 Å². The van der Waals surface area contributed by atoms with Crippen molar-refractivity contribution in [1.82, 2.24) is 15.6 Å². The number of thiophene rings is 1. The number of hydrogen-bond donors (Lipinski definition) is 4. The first kappa shape index (κ1) is 29.9. The highest BCUT2D eigenvalue weighted by Crippen LogP contribution is 2.38. The Morgan fingerprint density at radius 2 is 2.00 bits per heavy atom. The number of aryl methyl sites for hydroxylation is 1. The SMILES string of the molecule is CC(C)(C)[C@H]1CCc2nc3sc(C(=O)N[C@H](CCNC4(CO)CCC4)c4cccc(NS(C)(=O)=O)c4)cc3cc2C1. The Kier molecular flexibility index (Phi) is 8.49. The first-order valence-corrected chi connectivity index (χ1v) is 17.2. The number of rotatable bonds is 10. The molecule has 0 bridgehead atoms. The van der Waals surface area contributed by atoms with Gasteiger partial charge in [-0.25, -0.2) is 13.4 Å². The number of nitrogens with one attached hydrogen (secondary N) is 3. The van der Waals surface area contributed by atoms with Crippen molar-refractivity contribution in [3.05, 3.63) is 58.1 Å². The largest absolute Gasteiger partial charge is 0.394 e. The monoisotopic (exact) mass is 598 g/mol. The van der Waals surface area contributed by atoms with Crippen molar-refractivity contribution in [3.8, 4) is 0 Å². The van der Waals surface area contributed by atoms with Crippen molar-refractivity contribution in [2.75, 3.05) is 24.1 Å². The summed E-state index contributed by atoms with van der Waals surface area (Å²) in [6.45, 7) is 7.60. The molecule has 0 saturated heterocycles. The van der Waals surface area contributed by atoms with Crippen molar-refractivity contribution in [2.24, 2.45) is 11.3 Å². The topological polar surface area (TPSA) is 120 Å². The fourth-order valence-electron chi connectivity index (χ4n) is 6.03. The Hall–Kier alpha value is -2.53. The molecule has 1 aromatic carbocycles. The van der Waals surface area contributed by atoms with E-state index in [9.17, 15) is 18.3 Å². The van der Waals surface area contributed by atoms with Gasteiger partial charge in [-0.05, 0) is 98.2 Å². The highest BCUT2D eigenvalue weighted by atomic mass is 32.2. The van der Waals surface area contributed by atoms with Crippen LogP contribution in [0.4, 0.5) is 5.69 Å². The fourth-order valence-corrected chi connectivity index (χ4v) is 7.53. The van der Waals surface area contributed by atoms with Crippen LogP contribution >= 0.6 is 11.3 Å². The van der Waals surface area contributed by atoms with Crippen LogP contribution < -0.4 is 15.4 Å². The van der Waals surface area contributed by atoms with E-state index in [2.05, 4.69) is 42.2 Å². The second kappa shape index (κ2) is 11.6. The number of aliphatic hydroxyl groups is 1. The Labute approximate surface area is 247 Å². The lowest BCUT2D eigenvalue weighted by Gasteiger charge is -2.41. The molecule has 0 unspecified atom stereocenters. The van der Waals surface area contributed by atoms with Crippen LogP contribution in [-0.4, -0.2) is 49.4 Å². The summed E-state index contributed by atoms with van der Waals surface area (Å²) in [7, 11) is -3.44. The number of aromatic nitrogens is 1. The van der Waals surface area contributed by atoms with Gasteiger partial charge in [-0.3, -0.25) is 9.52 Å². The van der Waals surface area contributed by atoms with Crippen LogP contribution in [0.5, 0.6) is 0 Å². The number of aliphatic hydroxyl groups excluding tert-OH is 1. The van der Waals surface area contributed by atoms with E-state index in [-0.39, 0.29) is 29.5 Å². The summed E-state index contributed by atoms with van der Waals surface area (Å²) < 4.78 is 26.2. The van der Waals surface area contributed by atoms with Gasteiger partial charge < -0.3 is 15.7 Å². The molecule has 3 aromatic rings. The van der Waals surface area contributed by atoms with Crippen molar-refractivity contribution in [1.29, 1.82) is 0 Å². The Morgan fingerprint density at radius 1 is 1.22 bits per heavy atom. The van der Waals surface area contributed by atoms with Crippen molar-refractivity contribution in [3.63, 3.8) is 0 Å². The Morgan fingerprint density at radius 3 is 2.66 bits per heavy atom. The quantitative estimate of drug-likeness (QED) is 0.255. The van der Waals surface area contributed by atoms with E-state index in [1.807, 2.05) is 12.1 Å². The summed E-state index contributed by atoms with van der Waals surface area (Å²) in [5, 5.41) is 17.6. The summed E-state index contributed by atoms with van der Waals surface area (Å²) in [5.41, 5.74) is 3.72. The number of carbonyl (C=O) groups is 1. The first-order valence-electron chi connectivity index (χ1n) is 14.5. The molecule has 1 amide bonds. The standard InChI is InChI=1S/C31H42N4O4S2/c1-30(2,3)23-9-10-25-21(16-23)15-22-18-27(40-29(22)34-25)28(37)33-26(11-14-32-31(19-36)12-6-13-31)20-7-5-8-24(17-20)35-41(4,38)39/h5,7-8,15,17-18,23,26,32,35-36H,6,9-14,16,19H2,1-4H3,(H,33,37)/t23-,26+/m0/s1. The van der Waals surface area contributed by atoms with E-state index in [4.69, 9.17) is 4.98 Å². The number of carbonyl (C=O) groups excluding carboxylic acids is 1. The fraction of sp³-hybridized carbons (Fsp3) is 0.548. The zero-order valence-corrected chi connectivity index (χ0v) is 26.1. The predicted molar refractivity (Wildman–Crippen MR) is 166 cm³/mol. The number of hydrogen-bond acceptors (Lipinski definition) is 7. The highest BCUT2D eigenvalue weighted by Gasteiger charge is 2.35. The van der Waals surface area contributed by atoms with Crippen LogP contribution in [0.1, 0.15) is 85.4 Å². The number of benzene rings is 1. The van der Waals surface area contributed by atoms with Crippen LogP contribution in [0.2, 0.25) is 0 Å². The highest BCUT2D eigenvalue weighted by molar-refractivity contribution is 7.92. The molecule has 2 heterocycles. The molecule has 2 aliphatic rings. The average Bonchev–Trinajstić information content (AvgIpc) is 3.29. The van der Waals surface area contributed by atoms with Crippen molar-refractivity contribution >= 4 is 43.2 Å². The van der Waals surface area contributed by atoms with E-state index in [1.165, 1.54) is 16.9 Å². The van der Waals surface area contributed by atoms with Gasteiger partial charge in [0.15, 0.2) is 0 Å². The zero-order valence-electron chi connectivity index (χ0n) is 24.4. The molecule has 2 aromatic heterocycles. The minimum Gasteiger partial charge on any atom is -0.394 e. The van der Waals surface area contributed by atoms with Gasteiger partial charge in [0, 0.05) is 22.3 Å². The number of fused-ring (bicyclic) bond motifs is 2. The summed E-state index contributed by atoms with van der Waals surface area (Å²) in [4.78, 5) is 20.1. The number of pyridine rings is 1. The molecule has 2 atom stereocenters. The number of anilines is 1. The summed E-state index contributed by atoms with van der Waals surface area (Å²) in [5.74, 6) is 0.438. The third-order valence-corrected chi connectivity index (χ3v) is 10.4. The number of nitrogens with zero attached hydrogens (tertiary/aromatic N) is 1. The molecule has 0 spiro atoms. The molecule has 222 valence electrons. The third-order valence-electron chi connectivity index (χ3n) is 8.77. The number of amides is 1. The van der Waals surface area contributed by atoms with Crippen LogP contribution in [0.3, 0.4) is 0 Å². The molecule has 41 heavy (non-hydrogen) atoms. The Bertz CT molecular complexity index is 1520. The maximum Gasteiger partial charge on any atom is 0.261 e. The molecule has 4 N–H and O–H groups in total. The van der Waals surface area contributed by atoms with E-state index < -0.39 is 10.0 Å². The molecule has 0 aliphatic heterocycles. The van der Waals surface area contributed by atoms with Gasteiger partial charge in [-0.1, -0.05) is 32.9 Å². The molecule has 2 aliphatic carbocycles. The molecular weight excluding hydrogens is 556 g/mol. The van der Waals surface area contributed by atoms with E-state index in [0.717, 1.165) is 66.3 Å². The van der Waals surface area contributed by atoms with E-state index in [0.29, 0.717) is 29.4 Å². The second-order valence-corrected chi connectivity index (χ2v) is 15.7. The van der Waals surface area contributed by atoms with Crippen LogP contribution in [0, 0.1) is 11.3 Å². The normalized spacial score (nSPS) is 19.3. The number of sulfonamides is 1. The maximum absolute atomic E-state index is 13.6. The van der Waals surface area contributed by atoms with Gasteiger partial charge in [0.25, 0.3) is 5.91 Å². The molecular formula is C31H42N4O4S2. The summed E-state index contributed by atoms with van der Waals surface area (Å²) >= 11 is 1.41. The molecule has 1 saturated carbocycles. The predicted octanol–water partition coefficient (Wildman–Crippen LogP) is 5.18. The van der Waals surface area contributed by atoms with E-state index >= 15 is 0 Å². The second-order valence-electron chi connectivity index (χ2n) is 12.9. The molecule has 1 fully saturated rings. The third kappa shape index (κ3) is 7.10. The van der Waals surface area contributed by atoms with Crippen LogP contribution in [0.15, 0.2) is 36.4 Å². The lowest BCUT2D eigenvalue weighted by atomic mass is 9.71.